The summed E-state index contributed by atoms with van der Waals surface area (Å²) in [5.41, 5.74) is 5.49. The summed E-state index contributed by atoms with van der Waals surface area (Å²) in [4.78, 5) is 3.94. The highest BCUT2D eigenvalue weighted by Gasteiger charge is 2.18. The van der Waals surface area contributed by atoms with Crippen LogP contribution in [0, 0.1) is 11.6 Å². The molecule has 0 fully saturated rings. The smallest absolute Gasteiger partial charge is 0.193 e. The molecule has 4 nitrogen and oxygen atoms in total. The standard InChI is InChI=1S/C13H19F2N3OS.HI/c1-13(2,3)20(19)7-6-17-12(16)18-11-8-9(14)4-5-10(11)15;/h4-5,8H,6-7H2,1-3H3,(H3,16,17,18);1H. The Hall–Kier alpha value is -0.770. The van der Waals surface area contributed by atoms with Crippen LogP contribution in [0.5, 0.6) is 0 Å². The molecule has 8 heteroatoms. The Morgan fingerprint density at radius 3 is 2.57 bits per heavy atom. The third kappa shape index (κ3) is 7.16. The molecular formula is C13H20F2IN3OS. The van der Waals surface area contributed by atoms with Crippen molar-refractivity contribution < 1.29 is 13.0 Å². The lowest BCUT2D eigenvalue weighted by atomic mass is 10.3. The van der Waals surface area contributed by atoms with Crippen molar-refractivity contribution in [1.29, 1.82) is 0 Å². The zero-order valence-electron chi connectivity index (χ0n) is 12.2. The lowest BCUT2D eigenvalue weighted by Gasteiger charge is -2.16. The van der Waals surface area contributed by atoms with Crippen LogP contribution in [0.3, 0.4) is 0 Å². The molecule has 0 amide bonds. The van der Waals surface area contributed by atoms with Crippen LogP contribution in [0.4, 0.5) is 14.5 Å². The Balaban J connectivity index is 0.00000400. The molecule has 21 heavy (non-hydrogen) atoms. The van der Waals surface area contributed by atoms with E-state index in [-0.39, 0.29) is 46.9 Å². The van der Waals surface area contributed by atoms with Gasteiger partial charge in [0.2, 0.25) is 0 Å². The topological polar surface area (TPSA) is 67.5 Å². The highest BCUT2D eigenvalue weighted by Crippen LogP contribution is 2.15. The summed E-state index contributed by atoms with van der Waals surface area (Å²) in [5, 5.41) is 2.48. The van der Waals surface area contributed by atoms with Gasteiger partial charge in [0.05, 0.1) is 12.2 Å². The van der Waals surface area contributed by atoms with Gasteiger partial charge in [-0.05, 0) is 32.9 Å². The third-order valence-corrected chi connectivity index (χ3v) is 4.35. The highest BCUT2D eigenvalue weighted by atomic mass is 127. The Morgan fingerprint density at radius 1 is 1.38 bits per heavy atom. The van der Waals surface area contributed by atoms with Crippen molar-refractivity contribution in [2.45, 2.75) is 25.5 Å². The van der Waals surface area contributed by atoms with E-state index in [4.69, 9.17) is 5.73 Å². The molecule has 0 saturated carbocycles. The van der Waals surface area contributed by atoms with Crippen molar-refractivity contribution in [2.75, 3.05) is 17.6 Å². The SMILES string of the molecule is CC(C)(C)S(=O)CCN=C(N)Nc1cc(F)ccc1F.I. The molecule has 1 atom stereocenters. The lowest BCUT2D eigenvalue weighted by molar-refractivity contribution is 0.604. The van der Waals surface area contributed by atoms with Crippen LogP contribution in [0.2, 0.25) is 0 Å². The summed E-state index contributed by atoms with van der Waals surface area (Å²) < 4.78 is 37.8. The van der Waals surface area contributed by atoms with Crippen molar-refractivity contribution in [3.63, 3.8) is 0 Å². The van der Waals surface area contributed by atoms with Crippen LogP contribution in [0.25, 0.3) is 0 Å². The number of benzene rings is 1. The Labute approximate surface area is 143 Å². The fourth-order valence-corrected chi connectivity index (χ4v) is 2.20. The number of rotatable bonds is 4. The van der Waals surface area contributed by atoms with E-state index in [1.807, 2.05) is 20.8 Å². The molecule has 0 radical (unpaired) electrons. The summed E-state index contributed by atoms with van der Waals surface area (Å²) in [7, 11) is -1.03. The summed E-state index contributed by atoms with van der Waals surface area (Å²) in [5.74, 6) is -0.879. The van der Waals surface area contributed by atoms with E-state index in [1.165, 1.54) is 0 Å². The molecule has 3 N–H and O–H groups in total. The molecule has 1 aromatic carbocycles. The van der Waals surface area contributed by atoms with E-state index >= 15 is 0 Å². The van der Waals surface area contributed by atoms with Crippen molar-refractivity contribution in [3.05, 3.63) is 29.8 Å². The fraction of sp³-hybridized carbons (Fsp3) is 0.462. The quantitative estimate of drug-likeness (QED) is 0.438. The molecule has 0 saturated heterocycles. The van der Waals surface area contributed by atoms with Crippen LogP contribution in [0.15, 0.2) is 23.2 Å². The molecule has 120 valence electrons. The molecule has 0 aliphatic heterocycles. The van der Waals surface area contributed by atoms with E-state index in [1.54, 1.807) is 0 Å². The lowest BCUT2D eigenvalue weighted by Crippen LogP contribution is -2.27. The molecule has 0 bridgehead atoms. The predicted octanol–water partition coefficient (Wildman–Crippen LogP) is 2.86. The summed E-state index contributed by atoms with van der Waals surface area (Å²) in [6.07, 6.45) is 0. The van der Waals surface area contributed by atoms with E-state index in [0.717, 1.165) is 18.2 Å². The van der Waals surface area contributed by atoms with Crippen LogP contribution >= 0.6 is 24.0 Å². The van der Waals surface area contributed by atoms with E-state index in [9.17, 15) is 13.0 Å². The van der Waals surface area contributed by atoms with Crippen molar-refractivity contribution >= 4 is 46.4 Å². The number of nitrogens with one attached hydrogen (secondary N) is 1. The maximum absolute atomic E-state index is 13.3. The van der Waals surface area contributed by atoms with Gasteiger partial charge in [0.15, 0.2) is 5.96 Å². The fourth-order valence-electron chi connectivity index (χ4n) is 1.33. The zero-order valence-corrected chi connectivity index (χ0v) is 15.3. The first kappa shape index (κ1) is 20.2. The number of hydrogen-bond acceptors (Lipinski definition) is 2. The van der Waals surface area contributed by atoms with E-state index < -0.39 is 22.4 Å². The molecule has 0 aromatic heterocycles. The Bertz CT molecular complexity index is 533. The summed E-state index contributed by atoms with van der Waals surface area (Å²) in [6.45, 7) is 5.86. The first-order chi connectivity index (χ1) is 9.20. The molecule has 0 aliphatic rings. The second-order valence-electron chi connectivity index (χ2n) is 5.18. The number of nitrogens with zero attached hydrogens (tertiary/aromatic N) is 1. The normalized spacial score (nSPS) is 13.5. The van der Waals surface area contributed by atoms with Crippen LogP contribution < -0.4 is 11.1 Å². The minimum Gasteiger partial charge on any atom is -0.370 e. The van der Waals surface area contributed by atoms with E-state index in [2.05, 4.69) is 10.3 Å². The van der Waals surface area contributed by atoms with Gasteiger partial charge in [0, 0.05) is 27.4 Å². The van der Waals surface area contributed by atoms with Crippen LogP contribution in [-0.4, -0.2) is 27.2 Å². The maximum Gasteiger partial charge on any atom is 0.193 e. The highest BCUT2D eigenvalue weighted by molar-refractivity contribution is 14.0. The molecule has 0 spiro atoms. The molecule has 1 aromatic rings. The number of guanidine groups is 1. The minimum atomic E-state index is -1.03. The second-order valence-corrected chi connectivity index (χ2v) is 7.50. The third-order valence-electron chi connectivity index (χ3n) is 2.43. The van der Waals surface area contributed by atoms with E-state index in [0.29, 0.717) is 5.75 Å². The molecular weight excluding hydrogens is 411 g/mol. The minimum absolute atomic E-state index is 0. The monoisotopic (exact) mass is 431 g/mol. The number of halogens is 3. The van der Waals surface area contributed by atoms with Crippen molar-refractivity contribution in [1.82, 2.24) is 0 Å². The van der Waals surface area contributed by atoms with Crippen LogP contribution in [-0.2, 0) is 10.8 Å². The number of aliphatic imine (C=N–C) groups is 1. The number of hydrogen-bond donors (Lipinski definition) is 2. The first-order valence-corrected chi connectivity index (χ1v) is 7.42. The van der Waals surface area contributed by atoms with Gasteiger partial charge in [0.25, 0.3) is 0 Å². The van der Waals surface area contributed by atoms with Gasteiger partial charge in [-0.2, -0.15) is 0 Å². The number of nitrogens with two attached hydrogens (primary N) is 1. The van der Waals surface area contributed by atoms with Crippen molar-refractivity contribution in [2.24, 2.45) is 10.7 Å². The maximum atomic E-state index is 13.3. The van der Waals surface area contributed by atoms with Gasteiger partial charge in [-0.25, -0.2) is 8.78 Å². The number of anilines is 1. The first-order valence-electron chi connectivity index (χ1n) is 6.10. The second kappa shape index (κ2) is 8.62. The summed E-state index contributed by atoms with van der Waals surface area (Å²) >= 11 is 0. The van der Waals surface area contributed by atoms with Gasteiger partial charge < -0.3 is 11.1 Å². The molecule has 1 unspecified atom stereocenters. The average Bonchev–Trinajstić information content (AvgIpc) is 2.32. The van der Waals surface area contributed by atoms with Gasteiger partial charge in [-0.15, -0.1) is 24.0 Å². The average molecular weight is 431 g/mol. The predicted molar refractivity (Wildman–Crippen MR) is 94.6 cm³/mol. The summed E-state index contributed by atoms with van der Waals surface area (Å²) in [6, 6.07) is 3.00. The molecule has 1 rings (SSSR count). The molecule has 0 aliphatic carbocycles. The largest absolute Gasteiger partial charge is 0.370 e. The van der Waals surface area contributed by atoms with Crippen LogP contribution in [0.1, 0.15) is 20.8 Å². The zero-order chi connectivity index (χ0) is 15.3. The Kier molecular flexibility index (Phi) is 8.30. The van der Waals surface area contributed by atoms with Gasteiger partial charge in [0.1, 0.15) is 11.6 Å². The molecule has 0 heterocycles. The van der Waals surface area contributed by atoms with Gasteiger partial charge >= 0.3 is 0 Å². The van der Waals surface area contributed by atoms with Crippen molar-refractivity contribution in [3.8, 4) is 0 Å². The Morgan fingerprint density at radius 2 is 2.00 bits per heavy atom. The van der Waals surface area contributed by atoms with Gasteiger partial charge in [-0.3, -0.25) is 9.20 Å². The van der Waals surface area contributed by atoms with Gasteiger partial charge in [-0.1, -0.05) is 0 Å².